The monoisotopic (exact) mass is 422 g/mol. The van der Waals surface area contributed by atoms with E-state index in [1.165, 1.54) is 18.7 Å². The van der Waals surface area contributed by atoms with E-state index in [9.17, 15) is 22.8 Å². The number of alkyl halides is 3. The van der Waals surface area contributed by atoms with Gasteiger partial charge in [0.2, 0.25) is 0 Å². The number of hydrogen-bond donors (Lipinski definition) is 1. The number of aldehydes is 1. The largest absolute Gasteiger partial charge is 0.389 e. The van der Waals surface area contributed by atoms with Crippen molar-refractivity contribution in [2.45, 2.75) is 42.6 Å². The van der Waals surface area contributed by atoms with Gasteiger partial charge in [0.25, 0.3) is 5.91 Å². The molecule has 2 aromatic carbocycles. The van der Waals surface area contributed by atoms with Crippen LogP contribution in [0.4, 0.5) is 24.5 Å². The van der Waals surface area contributed by atoms with Crippen molar-refractivity contribution in [1.29, 1.82) is 0 Å². The molecular weight excluding hydrogens is 401 g/mol. The molecule has 0 bridgehead atoms. The van der Waals surface area contributed by atoms with Crippen molar-refractivity contribution in [2.75, 3.05) is 17.3 Å². The van der Waals surface area contributed by atoms with Crippen LogP contribution in [0, 0.1) is 6.92 Å². The van der Waals surface area contributed by atoms with E-state index in [-0.39, 0.29) is 11.3 Å². The van der Waals surface area contributed by atoms with Gasteiger partial charge in [0.15, 0.2) is 6.29 Å². The highest BCUT2D eigenvalue weighted by atomic mass is 32.2. The van der Waals surface area contributed by atoms with Gasteiger partial charge in [-0.25, -0.2) is 0 Å². The van der Waals surface area contributed by atoms with E-state index in [0.717, 1.165) is 16.9 Å². The summed E-state index contributed by atoms with van der Waals surface area (Å²) in [5.74, 6) is -1.01. The van der Waals surface area contributed by atoms with Crippen molar-refractivity contribution in [3.8, 4) is 0 Å². The van der Waals surface area contributed by atoms with Crippen molar-refractivity contribution in [3.05, 3.63) is 53.1 Å². The van der Waals surface area contributed by atoms with Crippen LogP contribution in [-0.2, 0) is 4.79 Å². The average molecular weight is 422 g/mol. The Labute approximate surface area is 171 Å². The Morgan fingerprint density at radius 3 is 2.62 bits per heavy atom. The fourth-order valence-electron chi connectivity index (χ4n) is 3.35. The van der Waals surface area contributed by atoms with E-state index in [1.807, 2.05) is 18.0 Å². The topological polar surface area (TPSA) is 49.4 Å². The third kappa shape index (κ3) is 4.75. The van der Waals surface area contributed by atoms with Gasteiger partial charge < -0.3 is 15.0 Å². The molecule has 0 saturated carbocycles. The SMILES string of the molecule is Cc1cc(C(C)CC(F)(F)F)ccc1C(=O)Nc1ccc2c(c1)N(C)C(C=O)S2. The minimum absolute atomic E-state index is 0.288. The number of rotatable bonds is 5. The van der Waals surface area contributed by atoms with Crippen LogP contribution in [0.5, 0.6) is 0 Å². The molecule has 1 amide bonds. The highest BCUT2D eigenvalue weighted by Gasteiger charge is 2.31. The van der Waals surface area contributed by atoms with Crippen LogP contribution in [0.1, 0.15) is 40.7 Å². The molecule has 0 saturated heterocycles. The lowest BCUT2D eigenvalue weighted by molar-refractivity contribution is -0.137. The summed E-state index contributed by atoms with van der Waals surface area (Å²) < 4.78 is 37.9. The second-order valence-corrected chi connectivity index (χ2v) is 8.35. The van der Waals surface area contributed by atoms with Gasteiger partial charge in [-0.1, -0.05) is 30.8 Å². The predicted octanol–water partition coefficient (Wildman–Crippen LogP) is 5.37. The van der Waals surface area contributed by atoms with Crippen LogP contribution in [-0.4, -0.2) is 30.8 Å². The number of anilines is 2. The zero-order valence-electron chi connectivity index (χ0n) is 16.2. The molecule has 1 N–H and O–H groups in total. The number of thioether (sulfide) groups is 1. The smallest absolute Gasteiger partial charge is 0.355 e. The molecule has 8 heteroatoms. The van der Waals surface area contributed by atoms with Gasteiger partial charge in [-0.3, -0.25) is 4.79 Å². The normalized spacial score (nSPS) is 17.0. The van der Waals surface area contributed by atoms with E-state index in [2.05, 4.69) is 5.32 Å². The molecule has 0 spiro atoms. The van der Waals surface area contributed by atoms with Gasteiger partial charge in [-0.15, -0.1) is 0 Å². The predicted molar refractivity (Wildman–Crippen MR) is 109 cm³/mol. The average Bonchev–Trinajstić information content (AvgIpc) is 2.95. The van der Waals surface area contributed by atoms with Crippen LogP contribution in [0.2, 0.25) is 0 Å². The lowest BCUT2D eigenvalue weighted by Crippen LogP contribution is -2.25. The standard InChI is InChI=1S/C21H21F3N2O2S/c1-12-8-14(13(2)10-21(22,23)24)4-6-16(12)20(28)25-15-5-7-18-17(9-15)26(3)19(11-27)29-18/h4-9,11,13,19H,10H2,1-3H3,(H,25,28). The zero-order valence-corrected chi connectivity index (χ0v) is 17.0. The van der Waals surface area contributed by atoms with Crippen LogP contribution in [0.15, 0.2) is 41.3 Å². The summed E-state index contributed by atoms with van der Waals surface area (Å²) in [5.41, 5.74) is 3.01. The van der Waals surface area contributed by atoms with E-state index < -0.39 is 18.5 Å². The van der Waals surface area contributed by atoms with Crippen molar-refractivity contribution in [1.82, 2.24) is 0 Å². The molecule has 0 aromatic heterocycles. The van der Waals surface area contributed by atoms with Gasteiger partial charge in [0.1, 0.15) is 5.37 Å². The van der Waals surface area contributed by atoms with Crippen LogP contribution in [0.25, 0.3) is 0 Å². The Hall–Kier alpha value is -2.48. The number of halogens is 3. The summed E-state index contributed by atoms with van der Waals surface area (Å²) in [6.45, 7) is 3.23. The van der Waals surface area contributed by atoms with Crippen molar-refractivity contribution in [3.63, 3.8) is 0 Å². The lowest BCUT2D eigenvalue weighted by atomic mass is 9.94. The minimum atomic E-state index is -4.23. The Morgan fingerprint density at radius 1 is 1.28 bits per heavy atom. The summed E-state index contributed by atoms with van der Waals surface area (Å²) >= 11 is 1.44. The summed E-state index contributed by atoms with van der Waals surface area (Å²) in [6.07, 6.45) is -4.26. The molecule has 2 atom stereocenters. The number of aryl methyl sites for hydroxylation is 1. The molecule has 1 aliphatic heterocycles. The second-order valence-electron chi connectivity index (χ2n) is 7.19. The Bertz CT molecular complexity index is 946. The summed E-state index contributed by atoms with van der Waals surface area (Å²) in [6, 6.07) is 10.2. The maximum Gasteiger partial charge on any atom is 0.389 e. The van der Waals surface area contributed by atoms with Crippen molar-refractivity contribution < 1.29 is 22.8 Å². The van der Waals surface area contributed by atoms with E-state index in [1.54, 1.807) is 37.3 Å². The maximum absolute atomic E-state index is 12.7. The third-order valence-corrected chi connectivity index (χ3v) is 6.21. The number of nitrogens with zero attached hydrogens (tertiary/aromatic N) is 1. The number of likely N-dealkylation sites (N-methyl/N-ethyl adjacent to an activating group) is 1. The van der Waals surface area contributed by atoms with Gasteiger partial charge in [0, 0.05) is 23.2 Å². The molecule has 1 aliphatic rings. The number of carbonyl (C=O) groups is 2. The first-order valence-corrected chi connectivity index (χ1v) is 9.94. The third-order valence-electron chi connectivity index (χ3n) is 4.94. The molecule has 2 aromatic rings. The van der Waals surface area contributed by atoms with Crippen molar-refractivity contribution >= 4 is 35.3 Å². The quantitative estimate of drug-likeness (QED) is 0.658. The molecule has 4 nitrogen and oxygen atoms in total. The molecule has 29 heavy (non-hydrogen) atoms. The Morgan fingerprint density at radius 2 is 2.00 bits per heavy atom. The number of nitrogens with one attached hydrogen (secondary N) is 1. The number of hydrogen-bond acceptors (Lipinski definition) is 4. The van der Waals surface area contributed by atoms with E-state index in [0.29, 0.717) is 22.4 Å². The van der Waals surface area contributed by atoms with Crippen molar-refractivity contribution in [2.24, 2.45) is 0 Å². The summed E-state index contributed by atoms with van der Waals surface area (Å²) in [7, 11) is 1.81. The first-order chi connectivity index (χ1) is 13.6. The summed E-state index contributed by atoms with van der Waals surface area (Å²) in [5, 5.41) is 2.54. The zero-order chi connectivity index (χ0) is 21.3. The van der Waals surface area contributed by atoms with Gasteiger partial charge in [-0.05, 0) is 48.2 Å². The lowest BCUT2D eigenvalue weighted by Gasteiger charge is -2.17. The first-order valence-electron chi connectivity index (χ1n) is 9.06. The Kier molecular flexibility index (Phi) is 5.93. The number of benzene rings is 2. The molecule has 3 rings (SSSR count). The van der Waals surface area contributed by atoms with Gasteiger partial charge in [0.05, 0.1) is 12.1 Å². The minimum Gasteiger partial charge on any atom is -0.355 e. The maximum atomic E-state index is 12.7. The molecule has 0 radical (unpaired) electrons. The summed E-state index contributed by atoms with van der Waals surface area (Å²) in [4.78, 5) is 26.6. The molecule has 1 heterocycles. The van der Waals surface area contributed by atoms with Crippen LogP contribution < -0.4 is 10.2 Å². The Balaban J connectivity index is 1.75. The van der Waals surface area contributed by atoms with E-state index in [4.69, 9.17) is 0 Å². The molecule has 154 valence electrons. The van der Waals surface area contributed by atoms with E-state index >= 15 is 0 Å². The highest BCUT2D eigenvalue weighted by Crippen LogP contribution is 2.43. The van der Waals surface area contributed by atoms with Crippen LogP contribution in [0.3, 0.4) is 0 Å². The van der Waals surface area contributed by atoms with Gasteiger partial charge >= 0.3 is 6.18 Å². The fourth-order valence-corrected chi connectivity index (χ4v) is 4.41. The van der Waals surface area contributed by atoms with Crippen LogP contribution >= 0.6 is 11.8 Å². The van der Waals surface area contributed by atoms with Gasteiger partial charge in [-0.2, -0.15) is 13.2 Å². The first kappa shape index (κ1) is 21.2. The molecule has 2 unspecified atom stereocenters. The fraction of sp³-hybridized carbons (Fsp3) is 0.333. The second kappa shape index (κ2) is 8.10. The molecular formula is C21H21F3N2O2S. The molecule has 0 fully saturated rings. The number of amides is 1. The highest BCUT2D eigenvalue weighted by molar-refractivity contribution is 8.01. The number of fused-ring (bicyclic) bond motifs is 1. The number of carbonyl (C=O) groups excluding carboxylic acids is 2. The molecule has 0 aliphatic carbocycles.